The van der Waals surface area contributed by atoms with Gasteiger partial charge >= 0.3 is 0 Å². The van der Waals surface area contributed by atoms with Crippen LogP contribution in [0.5, 0.6) is 5.75 Å². The average molecular weight is 338 g/mol. The number of nitrogens with one attached hydrogen (secondary N) is 1. The second-order valence-corrected chi connectivity index (χ2v) is 6.96. The molecular formula is C15H18N2O5S. The molecule has 7 nitrogen and oxygen atoms in total. The van der Waals surface area contributed by atoms with E-state index >= 15 is 0 Å². The normalized spacial score (nSPS) is 18.2. The summed E-state index contributed by atoms with van der Waals surface area (Å²) in [5.41, 5.74) is 0.692. The van der Waals surface area contributed by atoms with Gasteiger partial charge in [0.15, 0.2) is 5.76 Å². The van der Waals surface area contributed by atoms with Gasteiger partial charge in [0.25, 0.3) is 0 Å². The summed E-state index contributed by atoms with van der Waals surface area (Å²) in [4.78, 5) is 0.0845. The Hall–Kier alpha value is -1.90. The molecule has 0 aliphatic carbocycles. The number of hydrogen-bond acceptors (Lipinski definition) is 6. The van der Waals surface area contributed by atoms with Gasteiger partial charge in [0.05, 0.1) is 19.4 Å². The fraction of sp³-hybridized carbons (Fsp3) is 0.400. The van der Waals surface area contributed by atoms with Crippen LogP contribution in [0.2, 0.25) is 0 Å². The molecule has 2 aromatic rings. The van der Waals surface area contributed by atoms with Crippen LogP contribution < -0.4 is 9.46 Å². The second-order valence-electron chi connectivity index (χ2n) is 5.23. The van der Waals surface area contributed by atoms with Gasteiger partial charge < -0.3 is 14.0 Å². The lowest BCUT2D eigenvalue weighted by atomic mass is 10.1. The Kier molecular flexibility index (Phi) is 4.65. The van der Waals surface area contributed by atoms with Gasteiger partial charge in [-0.05, 0) is 31.0 Å². The van der Waals surface area contributed by atoms with Gasteiger partial charge in [0, 0.05) is 24.8 Å². The molecule has 124 valence electrons. The summed E-state index contributed by atoms with van der Waals surface area (Å²) in [5.74, 6) is 0.790. The van der Waals surface area contributed by atoms with Gasteiger partial charge in [-0.2, -0.15) is 0 Å². The van der Waals surface area contributed by atoms with Crippen molar-refractivity contribution < 1.29 is 22.4 Å². The van der Waals surface area contributed by atoms with E-state index in [1.165, 1.54) is 19.4 Å². The lowest BCUT2D eigenvalue weighted by Crippen LogP contribution is -2.32. The summed E-state index contributed by atoms with van der Waals surface area (Å²) in [6, 6.07) is 6.46. The third kappa shape index (κ3) is 3.54. The highest BCUT2D eigenvalue weighted by Crippen LogP contribution is 2.30. The largest absolute Gasteiger partial charge is 0.495 e. The summed E-state index contributed by atoms with van der Waals surface area (Å²) < 4.78 is 43.3. The van der Waals surface area contributed by atoms with E-state index in [1.807, 2.05) is 0 Å². The summed E-state index contributed by atoms with van der Waals surface area (Å²) in [5, 5.41) is 3.64. The molecule has 8 heteroatoms. The van der Waals surface area contributed by atoms with E-state index in [2.05, 4.69) is 9.88 Å². The van der Waals surface area contributed by atoms with E-state index in [1.54, 1.807) is 18.2 Å². The van der Waals surface area contributed by atoms with Crippen molar-refractivity contribution in [3.8, 4) is 17.1 Å². The molecule has 1 fully saturated rings. The Morgan fingerprint density at radius 1 is 1.39 bits per heavy atom. The first-order valence-electron chi connectivity index (χ1n) is 7.30. The van der Waals surface area contributed by atoms with Gasteiger partial charge in [-0.15, -0.1) is 0 Å². The van der Waals surface area contributed by atoms with E-state index in [0.29, 0.717) is 17.9 Å². The Morgan fingerprint density at radius 2 is 2.26 bits per heavy atom. The van der Waals surface area contributed by atoms with Gasteiger partial charge in [0.1, 0.15) is 10.6 Å². The summed E-state index contributed by atoms with van der Waals surface area (Å²) in [7, 11) is -2.25. The quantitative estimate of drug-likeness (QED) is 0.864. The summed E-state index contributed by atoms with van der Waals surface area (Å²) >= 11 is 0. The first kappa shape index (κ1) is 16.0. The lowest BCUT2D eigenvalue weighted by molar-refractivity contribution is 0.114. The van der Waals surface area contributed by atoms with Crippen molar-refractivity contribution in [1.29, 1.82) is 0 Å². The minimum atomic E-state index is -3.68. The highest BCUT2D eigenvalue weighted by molar-refractivity contribution is 7.89. The number of aromatic nitrogens is 1. The summed E-state index contributed by atoms with van der Waals surface area (Å²) in [6.45, 7) is 0.941. The van der Waals surface area contributed by atoms with Crippen LogP contribution in [-0.4, -0.2) is 39.9 Å². The van der Waals surface area contributed by atoms with Crippen LogP contribution in [0.4, 0.5) is 0 Å². The number of hydrogen-bond donors (Lipinski definition) is 1. The summed E-state index contributed by atoms with van der Waals surface area (Å²) in [6.07, 6.45) is 3.28. The van der Waals surface area contributed by atoms with E-state index in [9.17, 15) is 8.42 Å². The zero-order valence-corrected chi connectivity index (χ0v) is 13.5. The van der Waals surface area contributed by atoms with Crippen molar-refractivity contribution in [2.45, 2.75) is 23.8 Å². The van der Waals surface area contributed by atoms with E-state index < -0.39 is 10.0 Å². The first-order chi connectivity index (χ1) is 11.1. The average Bonchev–Trinajstić information content (AvgIpc) is 3.25. The minimum absolute atomic E-state index is 0.0655. The highest BCUT2D eigenvalue weighted by atomic mass is 32.2. The predicted molar refractivity (Wildman–Crippen MR) is 82.7 cm³/mol. The maximum atomic E-state index is 12.5. The van der Waals surface area contributed by atoms with E-state index in [-0.39, 0.29) is 23.3 Å². The zero-order valence-electron chi connectivity index (χ0n) is 12.7. The van der Waals surface area contributed by atoms with Crippen LogP contribution in [0.15, 0.2) is 39.9 Å². The van der Waals surface area contributed by atoms with Crippen LogP contribution >= 0.6 is 0 Å². The fourth-order valence-electron chi connectivity index (χ4n) is 2.49. The van der Waals surface area contributed by atoms with Crippen molar-refractivity contribution in [2.24, 2.45) is 0 Å². The molecule has 0 amide bonds. The smallest absolute Gasteiger partial charge is 0.244 e. The van der Waals surface area contributed by atoms with Crippen LogP contribution in [0.3, 0.4) is 0 Å². The molecule has 23 heavy (non-hydrogen) atoms. The number of benzene rings is 1. The molecule has 1 aliphatic heterocycles. The molecule has 0 spiro atoms. The van der Waals surface area contributed by atoms with Crippen molar-refractivity contribution in [3.05, 3.63) is 30.5 Å². The number of methoxy groups -OCH3 is 1. The molecule has 2 heterocycles. The third-order valence-electron chi connectivity index (χ3n) is 3.70. The zero-order chi connectivity index (χ0) is 16.3. The maximum absolute atomic E-state index is 12.5. The molecule has 3 rings (SSSR count). The van der Waals surface area contributed by atoms with Crippen LogP contribution in [-0.2, 0) is 14.8 Å². The fourth-order valence-corrected chi connectivity index (χ4v) is 3.71. The highest BCUT2D eigenvalue weighted by Gasteiger charge is 2.23. The number of sulfonamides is 1. The molecule has 1 saturated heterocycles. The molecule has 1 aromatic carbocycles. The maximum Gasteiger partial charge on any atom is 0.244 e. The van der Waals surface area contributed by atoms with E-state index in [0.717, 1.165) is 12.8 Å². The lowest BCUT2D eigenvalue weighted by Gasteiger charge is -2.14. The molecular weight excluding hydrogens is 320 g/mol. The second kappa shape index (κ2) is 6.69. The van der Waals surface area contributed by atoms with Crippen LogP contribution in [0.25, 0.3) is 11.3 Å². The van der Waals surface area contributed by atoms with Crippen molar-refractivity contribution in [2.75, 3.05) is 20.3 Å². The molecule has 0 saturated carbocycles. The van der Waals surface area contributed by atoms with Crippen molar-refractivity contribution in [1.82, 2.24) is 9.88 Å². The van der Waals surface area contributed by atoms with Gasteiger partial charge in [-0.25, -0.2) is 13.1 Å². The number of rotatable bonds is 6. The molecule has 1 N–H and O–H groups in total. The Morgan fingerprint density at radius 3 is 2.91 bits per heavy atom. The topological polar surface area (TPSA) is 90.7 Å². The van der Waals surface area contributed by atoms with Crippen molar-refractivity contribution in [3.63, 3.8) is 0 Å². The Balaban J connectivity index is 1.82. The Bertz CT molecular complexity index is 752. The molecule has 1 aliphatic rings. The third-order valence-corrected chi connectivity index (χ3v) is 5.16. The minimum Gasteiger partial charge on any atom is -0.495 e. The molecule has 1 aromatic heterocycles. The van der Waals surface area contributed by atoms with Gasteiger partial charge in [-0.3, -0.25) is 0 Å². The molecule has 0 radical (unpaired) electrons. The van der Waals surface area contributed by atoms with Crippen LogP contribution in [0, 0.1) is 0 Å². The monoisotopic (exact) mass is 338 g/mol. The predicted octanol–water partition coefficient (Wildman–Crippen LogP) is 1.81. The molecule has 0 unspecified atom stereocenters. The number of nitrogens with zero attached hydrogens (tertiary/aromatic N) is 1. The van der Waals surface area contributed by atoms with Crippen LogP contribution in [0.1, 0.15) is 12.8 Å². The molecule has 1 atom stereocenters. The standard InChI is InChI=1S/C15H18N2O5S/c1-20-14-9-11(13-6-7-16-22-13)4-5-15(14)23(18,19)17-10-12-3-2-8-21-12/h4-7,9,12,17H,2-3,8,10H2,1H3/t12-/m0/s1. The SMILES string of the molecule is COc1cc(-c2ccno2)ccc1S(=O)(=O)NC[C@@H]1CCCO1. The Labute approximate surface area is 134 Å². The van der Waals surface area contributed by atoms with E-state index in [4.69, 9.17) is 14.0 Å². The first-order valence-corrected chi connectivity index (χ1v) is 8.79. The molecule has 0 bridgehead atoms. The van der Waals surface area contributed by atoms with Crippen molar-refractivity contribution >= 4 is 10.0 Å². The van der Waals surface area contributed by atoms with Gasteiger partial charge in [0.2, 0.25) is 10.0 Å². The van der Waals surface area contributed by atoms with Gasteiger partial charge in [-0.1, -0.05) is 5.16 Å². The number of ether oxygens (including phenoxy) is 2.